The van der Waals surface area contributed by atoms with E-state index in [1.807, 2.05) is 6.92 Å². The largest absolute Gasteiger partial charge is 0.329 e. The highest BCUT2D eigenvalue weighted by Gasteiger charge is 2.24. The van der Waals surface area contributed by atoms with Crippen LogP contribution >= 0.6 is 11.6 Å². The van der Waals surface area contributed by atoms with E-state index in [-0.39, 0.29) is 11.4 Å². The first-order valence-corrected chi connectivity index (χ1v) is 6.64. The Labute approximate surface area is 95.2 Å². The van der Waals surface area contributed by atoms with E-state index in [1.54, 1.807) is 12.1 Å². The molecular formula is C10H14ClNO2S. The van der Waals surface area contributed by atoms with Crippen molar-refractivity contribution < 1.29 is 8.42 Å². The van der Waals surface area contributed by atoms with Crippen LogP contribution in [0, 0.1) is 0 Å². The maximum absolute atomic E-state index is 12.0. The van der Waals surface area contributed by atoms with E-state index in [2.05, 4.69) is 0 Å². The van der Waals surface area contributed by atoms with Gasteiger partial charge in [0.15, 0.2) is 9.84 Å². The molecule has 0 bridgehead atoms. The van der Waals surface area contributed by atoms with Crippen LogP contribution in [0.15, 0.2) is 29.2 Å². The molecule has 0 radical (unpaired) electrons. The Kier molecular flexibility index (Phi) is 4.13. The molecule has 1 aromatic rings. The van der Waals surface area contributed by atoms with E-state index in [9.17, 15) is 8.42 Å². The fourth-order valence-electron chi connectivity index (χ4n) is 1.33. The van der Waals surface area contributed by atoms with E-state index < -0.39 is 15.1 Å². The first-order chi connectivity index (χ1) is 7.02. The first kappa shape index (κ1) is 12.5. The van der Waals surface area contributed by atoms with Crippen molar-refractivity contribution in [1.82, 2.24) is 0 Å². The third-order valence-corrected chi connectivity index (χ3v) is 4.88. The summed E-state index contributed by atoms with van der Waals surface area (Å²) in [5, 5.41) is 0.00780. The lowest BCUT2D eigenvalue weighted by molar-refractivity contribution is 0.576. The lowest BCUT2D eigenvalue weighted by Crippen LogP contribution is -2.29. The molecule has 1 unspecified atom stereocenters. The second-order valence-corrected chi connectivity index (χ2v) is 5.93. The van der Waals surface area contributed by atoms with Gasteiger partial charge in [-0.25, -0.2) is 8.42 Å². The highest BCUT2D eigenvalue weighted by molar-refractivity contribution is 7.92. The smallest absolute Gasteiger partial charge is 0.182 e. The number of halogens is 1. The summed E-state index contributed by atoms with van der Waals surface area (Å²) in [6.07, 6.45) is 0.515. The van der Waals surface area contributed by atoms with Crippen molar-refractivity contribution in [2.45, 2.75) is 23.5 Å². The van der Waals surface area contributed by atoms with Crippen molar-refractivity contribution in [2.75, 3.05) is 6.54 Å². The summed E-state index contributed by atoms with van der Waals surface area (Å²) in [5.74, 6) is 0. The summed E-state index contributed by atoms with van der Waals surface area (Å²) >= 11 is 5.69. The van der Waals surface area contributed by atoms with Crippen LogP contribution in [0.1, 0.15) is 13.3 Å². The fourth-order valence-corrected chi connectivity index (χ4v) is 3.05. The average Bonchev–Trinajstić information content (AvgIpc) is 2.19. The van der Waals surface area contributed by atoms with Gasteiger partial charge in [-0.1, -0.05) is 18.5 Å². The summed E-state index contributed by atoms with van der Waals surface area (Å²) in [6.45, 7) is 1.95. The third kappa shape index (κ3) is 2.71. The molecule has 0 spiro atoms. The zero-order valence-electron chi connectivity index (χ0n) is 8.48. The van der Waals surface area contributed by atoms with Gasteiger partial charge in [0.1, 0.15) is 0 Å². The second-order valence-electron chi connectivity index (χ2n) is 3.26. The number of nitrogens with two attached hydrogens (primary N) is 1. The van der Waals surface area contributed by atoms with Crippen LogP contribution in [0.2, 0.25) is 5.02 Å². The van der Waals surface area contributed by atoms with Crippen LogP contribution in [0.4, 0.5) is 0 Å². The molecule has 3 nitrogen and oxygen atoms in total. The molecule has 0 amide bonds. The molecular weight excluding hydrogens is 234 g/mol. The van der Waals surface area contributed by atoms with Gasteiger partial charge in [-0.05, 0) is 30.7 Å². The minimum absolute atomic E-state index is 0.140. The van der Waals surface area contributed by atoms with Crippen molar-refractivity contribution >= 4 is 21.4 Å². The van der Waals surface area contributed by atoms with Crippen molar-refractivity contribution in [3.05, 3.63) is 29.3 Å². The topological polar surface area (TPSA) is 60.2 Å². The summed E-state index contributed by atoms with van der Waals surface area (Å²) in [7, 11) is -3.30. The van der Waals surface area contributed by atoms with Gasteiger partial charge >= 0.3 is 0 Å². The molecule has 1 aromatic carbocycles. The molecule has 0 saturated heterocycles. The molecule has 2 N–H and O–H groups in total. The van der Waals surface area contributed by atoms with Gasteiger partial charge in [-0.3, -0.25) is 0 Å². The Hall–Kier alpha value is -0.580. The fraction of sp³-hybridized carbons (Fsp3) is 0.400. The van der Waals surface area contributed by atoms with Crippen molar-refractivity contribution in [2.24, 2.45) is 5.73 Å². The normalized spacial score (nSPS) is 13.8. The van der Waals surface area contributed by atoms with Gasteiger partial charge in [0.05, 0.1) is 10.1 Å². The molecule has 0 aliphatic heterocycles. The van der Waals surface area contributed by atoms with Gasteiger partial charge in [0.2, 0.25) is 0 Å². The van der Waals surface area contributed by atoms with E-state index >= 15 is 0 Å². The quantitative estimate of drug-likeness (QED) is 0.883. The maximum atomic E-state index is 12.0. The molecule has 84 valence electrons. The molecule has 0 aliphatic carbocycles. The molecule has 0 heterocycles. The molecule has 1 rings (SSSR count). The van der Waals surface area contributed by atoms with Crippen LogP contribution < -0.4 is 5.73 Å². The summed E-state index contributed by atoms with van der Waals surface area (Å²) in [6, 6.07) is 6.15. The maximum Gasteiger partial charge on any atom is 0.182 e. The van der Waals surface area contributed by atoms with Gasteiger partial charge < -0.3 is 5.73 Å². The minimum Gasteiger partial charge on any atom is -0.329 e. The summed E-state index contributed by atoms with van der Waals surface area (Å²) in [5.41, 5.74) is 5.43. The predicted molar refractivity (Wildman–Crippen MR) is 61.8 cm³/mol. The Morgan fingerprint density at radius 2 is 1.87 bits per heavy atom. The standard InChI is InChI=1S/C10H14ClNO2S/c1-2-9(7-12)15(13,14)10-5-3-8(11)4-6-10/h3-6,9H,2,7,12H2,1H3. The van der Waals surface area contributed by atoms with Crippen LogP contribution in [0.25, 0.3) is 0 Å². The number of benzene rings is 1. The third-order valence-electron chi connectivity index (χ3n) is 2.30. The van der Waals surface area contributed by atoms with Gasteiger partial charge in [0.25, 0.3) is 0 Å². The van der Waals surface area contributed by atoms with Crippen LogP contribution in [0.3, 0.4) is 0 Å². The van der Waals surface area contributed by atoms with Gasteiger partial charge in [0, 0.05) is 11.6 Å². The summed E-state index contributed by atoms with van der Waals surface area (Å²) < 4.78 is 24.0. The number of rotatable bonds is 4. The van der Waals surface area contributed by atoms with Crippen molar-refractivity contribution in [3.63, 3.8) is 0 Å². The molecule has 15 heavy (non-hydrogen) atoms. The van der Waals surface area contributed by atoms with Crippen molar-refractivity contribution in [1.29, 1.82) is 0 Å². The summed E-state index contributed by atoms with van der Waals surface area (Å²) in [4.78, 5) is 0.282. The van der Waals surface area contributed by atoms with E-state index in [1.165, 1.54) is 12.1 Å². The number of hydrogen-bond donors (Lipinski definition) is 1. The second kappa shape index (κ2) is 4.96. The zero-order chi connectivity index (χ0) is 11.5. The lowest BCUT2D eigenvalue weighted by Gasteiger charge is -2.13. The average molecular weight is 248 g/mol. The highest BCUT2D eigenvalue weighted by Crippen LogP contribution is 2.19. The van der Waals surface area contributed by atoms with E-state index in [0.717, 1.165) is 0 Å². The van der Waals surface area contributed by atoms with Gasteiger partial charge in [-0.15, -0.1) is 0 Å². The Morgan fingerprint density at radius 1 is 1.33 bits per heavy atom. The molecule has 0 aliphatic rings. The Balaban J connectivity index is 3.11. The van der Waals surface area contributed by atoms with Crippen LogP contribution in [-0.2, 0) is 9.84 Å². The SMILES string of the molecule is CCC(CN)S(=O)(=O)c1ccc(Cl)cc1. The monoisotopic (exact) mass is 247 g/mol. The van der Waals surface area contributed by atoms with E-state index in [4.69, 9.17) is 17.3 Å². The molecule has 0 saturated carbocycles. The van der Waals surface area contributed by atoms with Gasteiger partial charge in [-0.2, -0.15) is 0 Å². The van der Waals surface area contributed by atoms with Crippen LogP contribution in [0.5, 0.6) is 0 Å². The van der Waals surface area contributed by atoms with Crippen molar-refractivity contribution in [3.8, 4) is 0 Å². The lowest BCUT2D eigenvalue weighted by atomic mass is 10.3. The Morgan fingerprint density at radius 3 is 2.27 bits per heavy atom. The Bertz CT molecular complexity index is 410. The first-order valence-electron chi connectivity index (χ1n) is 4.72. The predicted octanol–water partition coefficient (Wildman–Crippen LogP) is 1.85. The van der Waals surface area contributed by atoms with E-state index in [0.29, 0.717) is 11.4 Å². The molecule has 1 atom stereocenters. The molecule has 0 fully saturated rings. The highest BCUT2D eigenvalue weighted by atomic mass is 35.5. The zero-order valence-corrected chi connectivity index (χ0v) is 10.1. The molecule has 0 aromatic heterocycles. The minimum atomic E-state index is -3.30. The number of sulfone groups is 1. The van der Waals surface area contributed by atoms with Crippen LogP contribution in [-0.4, -0.2) is 20.2 Å². The number of hydrogen-bond acceptors (Lipinski definition) is 3. The molecule has 5 heteroatoms.